The van der Waals surface area contributed by atoms with Crippen LogP contribution >= 0.6 is 0 Å². The minimum Gasteiger partial charge on any atom is -0.487 e. The molecule has 0 bridgehead atoms. The van der Waals surface area contributed by atoms with Gasteiger partial charge in [0, 0.05) is 31.0 Å². The van der Waals surface area contributed by atoms with Crippen LogP contribution in [0.5, 0.6) is 5.75 Å². The lowest BCUT2D eigenvalue weighted by Gasteiger charge is -2.41. The second-order valence-corrected chi connectivity index (χ2v) is 9.61. The molecule has 2 amide bonds. The van der Waals surface area contributed by atoms with E-state index >= 15 is 0 Å². The molecule has 1 saturated carbocycles. The molecule has 2 aromatic carbocycles. The lowest BCUT2D eigenvalue weighted by molar-refractivity contribution is -0.135. The number of rotatable bonds is 4. The van der Waals surface area contributed by atoms with Crippen molar-refractivity contribution < 1.29 is 14.3 Å². The van der Waals surface area contributed by atoms with Crippen LogP contribution in [0, 0.1) is 5.92 Å². The molecule has 2 heterocycles. The van der Waals surface area contributed by atoms with Gasteiger partial charge in [0.2, 0.25) is 11.8 Å². The summed E-state index contributed by atoms with van der Waals surface area (Å²) in [7, 11) is 0. The maximum Gasteiger partial charge on any atom is 0.226 e. The number of likely N-dealkylation sites (tertiary alicyclic amines) is 1. The van der Waals surface area contributed by atoms with Gasteiger partial charge in [0.15, 0.2) is 0 Å². The van der Waals surface area contributed by atoms with Crippen molar-refractivity contribution in [2.24, 2.45) is 5.92 Å². The van der Waals surface area contributed by atoms with Gasteiger partial charge in [0.25, 0.3) is 0 Å². The number of ether oxygens (including phenoxy) is 1. The number of carbonyl (C=O) groups is 2. The lowest BCUT2D eigenvalue weighted by Crippen LogP contribution is -2.47. The van der Waals surface area contributed by atoms with Crippen molar-refractivity contribution in [2.75, 3.05) is 13.1 Å². The van der Waals surface area contributed by atoms with Crippen molar-refractivity contribution in [1.29, 1.82) is 0 Å². The summed E-state index contributed by atoms with van der Waals surface area (Å²) < 4.78 is 6.43. The average molecular weight is 433 g/mol. The largest absolute Gasteiger partial charge is 0.487 e. The van der Waals surface area contributed by atoms with E-state index in [-0.39, 0.29) is 29.4 Å². The maximum absolute atomic E-state index is 13.2. The van der Waals surface area contributed by atoms with E-state index in [9.17, 15) is 9.59 Å². The van der Waals surface area contributed by atoms with Crippen molar-refractivity contribution >= 4 is 11.8 Å². The molecule has 5 nitrogen and oxygen atoms in total. The molecule has 32 heavy (non-hydrogen) atoms. The van der Waals surface area contributed by atoms with E-state index in [2.05, 4.69) is 11.4 Å². The summed E-state index contributed by atoms with van der Waals surface area (Å²) >= 11 is 0. The van der Waals surface area contributed by atoms with Gasteiger partial charge in [-0.1, -0.05) is 48.5 Å². The molecule has 1 aliphatic carbocycles. The van der Waals surface area contributed by atoms with E-state index in [1.54, 1.807) is 0 Å². The van der Waals surface area contributed by atoms with Crippen LogP contribution in [0.1, 0.15) is 62.1 Å². The molecule has 5 rings (SSSR count). The van der Waals surface area contributed by atoms with Crippen LogP contribution in [0.4, 0.5) is 0 Å². The Morgan fingerprint density at radius 2 is 1.66 bits per heavy atom. The first-order valence-corrected chi connectivity index (χ1v) is 12.0. The minimum absolute atomic E-state index is 0.00305. The molecule has 5 heteroatoms. The van der Waals surface area contributed by atoms with E-state index in [1.165, 1.54) is 12.8 Å². The van der Waals surface area contributed by atoms with Gasteiger partial charge in [-0.05, 0) is 50.2 Å². The van der Waals surface area contributed by atoms with Crippen molar-refractivity contribution in [3.63, 3.8) is 0 Å². The SMILES string of the molecule is O=C(N[C@H]1CC2(CCCC2)Oc2ccccc21)C1CCN(C(=O)Cc2ccccc2)CC1. The predicted octanol–water partition coefficient (Wildman–Crippen LogP) is 4.42. The highest BCUT2D eigenvalue weighted by atomic mass is 16.5. The summed E-state index contributed by atoms with van der Waals surface area (Å²) in [6, 6.07) is 18.0. The van der Waals surface area contributed by atoms with Crippen LogP contribution < -0.4 is 10.1 Å². The van der Waals surface area contributed by atoms with E-state index < -0.39 is 0 Å². The van der Waals surface area contributed by atoms with Gasteiger partial charge in [-0.3, -0.25) is 9.59 Å². The topological polar surface area (TPSA) is 58.6 Å². The molecule has 2 fully saturated rings. The minimum atomic E-state index is -0.125. The summed E-state index contributed by atoms with van der Waals surface area (Å²) in [5, 5.41) is 3.36. The summed E-state index contributed by atoms with van der Waals surface area (Å²) in [6.07, 6.45) is 7.25. The number of carbonyl (C=O) groups excluding carboxylic acids is 2. The molecule has 1 saturated heterocycles. The van der Waals surface area contributed by atoms with Gasteiger partial charge < -0.3 is 15.0 Å². The third-order valence-corrected chi connectivity index (χ3v) is 7.44. The zero-order chi connectivity index (χ0) is 22.0. The number of benzene rings is 2. The fourth-order valence-electron chi connectivity index (χ4n) is 5.64. The maximum atomic E-state index is 13.2. The van der Waals surface area contributed by atoms with Crippen molar-refractivity contribution in [3.05, 3.63) is 65.7 Å². The molecule has 0 radical (unpaired) electrons. The smallest absolute Gasteiger partial charge is 0.226 e. The lowest BCUT2D eigenvalue weighted by atomic mass is 9.85. The number of amides is 2. The van der Waals surface area contributed by atoms with Crippen LogP contribution in [-0.2, 0) is 16.0 Å². The number of hydrogen-bond donors (Lipinski definition) is 1. The third kappa shape index (κ3) is 4.38. The molecule has 1 atom stereocenters. The highest BCUT2D eigenvalue weighted by Crippen LogP contribution is 2.47. The van der Waals surface area contributed by atoms with Gasteiger partial charge in [-0.2, -0.15) is 0 Å². The summed E-state index contributed by atoms with van der Waals surface area (Å²) in [5.41, 5.74) is 2.00. The first kappa shape index (κ1) is 21.0. The Morgan fingerprint density at radius 1 is 0.969 bits per heavy atom. The molecule has 3 aliphatic rings. The Morgan fingerprint density at radius 3 is 2.41 bits per heavy atom. The van der Waals surface area contributed by atoms with E-state index in [0.717, 1.165) is 49.0 Å². The van der Waals surface area contributed by atoms with Crippen LogP contribution in [0.15, 0.2) is 54.6 Å². The molecule has 2 aromatic rings. The molecular formula is C27H32N2O3. The Bertz CT molecular complexity index is 960. The first-order valence-electron chi connectivity index (χ1n) is 12.0. The van der Waals surface area contributed by atoms with Gasteiger partial charge in [0.1, 0.15) is 11.4 Å². The molecule has 0 aromatic heterocycles. The monoisotopic (exact) mass is 432 g/mol. The first-order chi connectivity index (χ1) is 15.6. The average Bonchev–Trinajstić information content (AvgIpc) is 3.27. The standard InChI is InChI=1S/C27H32N2O3/c30-25(18-20-8-2-1-3-9-20)29-16-12-21(13-17-29)26(31)28-23-19-27(14-6-7-15-27)32-24-11-5-4-10-22(23)24/h1-5,8-11,21,23H,6-7,12-19H2,(H,28,31)/t23-/m0/s1. The van der Waals surface area contributed by atoms with Crippen molar-refractivity contribution in [1.82, 2.24) is 10.2 Å². The van der Waals surface area contributed by atoms with Crippen LogP contribution in [0.2, 0.25) is 0 Å². The van der Waals surface area contributed by atoms with Gasteiger partial charge in [-0.25, -0.2) is 0 Å². The normalized spacial score (nSPS) is 22.2. The zero-order valence-electron chi connectivity index (χ0n) is 18.6. The Labute approximate surface area is 190 Å². The van der Waals surface area contributed by atoms with Gasteiger partial charge >= 0.3 is 0 Å². The second kappa shape index (κ2) is 8.97. The molecule has 1 spiro atoms. The fraction of sp³-hybridized carbons (Fsp3) is 0.481. The van der Waals surface area contributed by atoms with Crippen LogP contribution in [0.3, 0.4) is 0 Å². The van der Waals surface area contributed by atoms with Crippen molar-refractivity contribution in [3.8, 4) is 5.75 Å². The molecular weight excluding hydrogens is 400 g/mol. The van der Waals surface area contributed by atoms with Crippen LogP contribution in [0.25, 0.3) is 0 Å². The van der Waals surface area contributed by atoms with Crippen molar-refractivity contribution in [2.45, 2.75) is 63.0 Å². The van der Waals surface area contributed by atoms with E-state index in [4.69, 9.17) is 4.74 Å². The fourth-order valence-corrected chi connectivity index (χ4v) is 5.64. The zero-order valence-corrected chi connectivity index (χ0v) is 18.6. The predicted molar refractivity (Wildman–Crippen MR) is 123 cm³/mol. The Balaban J connectivity index is 1.19. The molecule has 0 unspecified atom stereocenters. The summed E-state index contributed by atoms with van der Waals surface area (Å²) in [6.45, 7) is 1.30. The van der Waals surface area contributed by atoms with E-state index in [0.29, 0.717) is 19.5 Å². The highest BCUT2D eigenvalue weighted by Gasteiger charge is 2.43. The quantitative estimate of drug-likeness (QED) is 0.778. The van der Waals surface area contributed by atoms with Crippen LogP contribution in [-0.4, -0.2) is 35.4 Å². The summed E-state index contributed by atoms with van der Waals surface area (Å²) in [4.78, 5) is 27.8. The molecule has 1 N–H and O–H groups in total. The molecule has 2 aliphatic heterocycles. The Kier molecular flexibility index (Phi) is 5.90. The number of para-hydroxylation sites is 1. The number of nitrogens with zero attached hydrogens (tertiary/aromatic N) is 1. The molecule has 168 valence electrons. The highest BCUT2D eigenvalue weighted by molar-refractivity contribution is 5.81. The third-order valence-electron chi connectivity index (χ3n) is 7.44. The Hall–Kier alpha value is -2.82. The second-order valence-electron chi connectivity index (χ2n) is 9.61. The van der Waals surface area contributed by atoms with Gasteiger partial charge in [0.05, 0.1) is 12.5 Å². The number of fused-ring (bicyclic) bond motifs is 1. The van der Waals surface area contributed by atoms with E-state index in [1.807, 2.05) is 53.4 Å². The number of piperidine rings is 1. The number of nitrogens with one attached hydrogen (secondary N) is 1. The number of hydrogen-bond acceptors (Lipinski definition) is 3. The van der Waals surface area contributed by atoms with Gasteiger partial charge in [-0.15, -0.1) is 0 Å². The summed E-state index contributed by atoms with van der Waals surface area (Å²) in [5.74, 6) is 1.16.